The summed E-state index contributed by atoms with van der Waals surface area (Å²) in [6.45, 7) is 1.98. The van der Waals surface area contributed by atoms with Crippen molar-refractivity contribution in [2.45, 2.75) is 11.3 Å². The zero-order valence-corrected chi connectivity index (χ0v) is 21.4. The largest absolute Gasteiger partial charge is 0.493 e. The number of anilines is 2. The van der Waals surface area contributed by atoms with Gasteiger partial charge in [0, 0.05) is 11.8 Å². The first kappa shape index (κ1) is 27.3. The van der Waals surface area contributed by atoms with Gasteiger partial charge in [-0.15, -0.1) is 10.2 Å². The fraction of sp³-hybridized carbons (Fsp3) is 0.227. The number of amides is 2. The van der Waals surface area contributed by atoms with Gasteiger partial charge in [0.1, 0.15) is 5.56 Å². The fourth-order valence-corrected chi connectivity index (χ4v) is 4.46. The number of methoxy groups -OCH3 is 2. The summed E-state index contributed by atoms with van der Waals surface area (Å²) in [5.41, 5.74) is 0.151. The lowest BCUT2D eigenvalue weighted by Crippen LogP contribution is -2.14. The molecule has 0 atom stereocenters. The molecule has 13 nitrogen and oxygen atoms in total. The van der Waals surface area contributed by atoms with Crippen molar-refractivity contribution in [1.82, 2.24) is 10.2 Å². The highest BCUT2D eigenvalue weighted by molar-refractivity contribution is 8.01. The van der Waals surface area contributed by atoms with Gasteiger partial charge in [0.25, 0.3) is 11.6 Å². The second-order valence-corrected chi connectivity index (χ2v) is 9.14. The first-order valence-electron chi connectivity index (χ1n) is 10.5. The van der Waals surface area contributed by atoms with E-state index in [1.807, 2.05) is 0 Å². The van der Waals surface area contributed by atoms with Crippen LogP contribution in [0, 0.1) is 10.1 Å². The van der Waals surface area contributed by atoms with Crippen LogP contribution in [0.1, 0.15) is 27.6 Å². The van der Waals surface area contributed by atoms with E-state index in [9.17, 15) is 24.5 Å². The molecule has 0 aliphatic carbocycles. The van der Waals surface area contributed by atoms with Crippen molar-refractivity contribution in [3.8, 4) is 11.5 Å². The van der Waals surface area contributed by atoms with E-state index in [-0.39, 0.29) is 40.5 Å². The highest BCUT2D eigenvalue weighted by Gasteiger charge is 2.25. The van der Waals surface area contributed by atoms with Crippen LogP contribution in [-0.4, -0.2) is 59.5 Å². The van der Waals surface area contributed by atoms with Gasteiger partial charge in [-0.25, -0.2) is 4.79 Å². The van der Waals surface area contributed by atoms with Gasteiger partial charge in [0.05, 0.1) is 43.1 Å². The van der Waals surface area contributed by atoms with Crippen molar-refractivity contribution in [1.29, 1.82) is 0 Å². The SMILES string of the molecule is CCOC(=O)c1ccc(NC(=O)CSc2nnc(NC(=O)c3cc(OC)c(OC)cc3[N+](=O)[O-])s2)cc1. The second-order valence-electron chi connectivity index (χ2n) is 6.94. The zero-order chi connectivity index (χ0) is 26.9. The van der Waals surface area contributed by atoms with Gasteiger partial charge in [-0.2, -0.15) is 0 Å². The molecule has 37 heavy (non-hydrogen) atoms. The van der Waals surface area contributed by atoms with Crippen LogP contribution in [0.4, 0.5) is 16.5 Å². The molecule has 0 saturated heterocycles. The third-order valence-electron chi connectivity index (χ3n) is 4.58. The van der Waals surface area contributed by atoms with Crippen LogP contribution < -0.4 is 20.1 Å². The molecule has 3 rings (SSSR count). The Morgan fingerprint density at radius 3 is 2.35 bits per heavy atom. The summed E-state index contributed by atoms with van der Waals surface area (Å²) in [6, 6.07) is 8.55. The van der Waals surface area contributed by atoms with Crippen LogP contribution in [0.15, 0.2) is 40.7 Å². The van der Waals surface area contributed by atoms with Gasteiger partial charge in [-0.3, -0.25) is 25.0 Å². The molecule has 0 bridgehead atoms. The van der Waals surface area contributed by atoms with Crippen LogP contribution in [-0.2, 0) is 9.53 Å². The lowest BCUT2D eigenvalue weighted by atomic mass is 10.1. The Labute approximate surface area is 218 Å². The number of carbonyl (C=O) groups is 3. The van der Waals surface area contributed by atoms with E-state index in [0.29, 0.717) is 15.6 Å². The van der Waals surface area contributed by atoms with Crippen molar-refractivity contribution in [2.75, 3.05) is 37.2 Å². The predicted octanol–water partition coefficient (Wildman–Crippen LogP) is 3.62. The molecule has 0 spiro atoms. The van der Waals surface area contributed by atoms with E-state index in [4.69, 9.17) is 14.2 Å². The minimum atomic E-state index is -0.788. The third-order valence-corrected chi connectivity index (χ3v) is 6.55. The van der Waals surface area contributed by atoms with E-state index >= 15 is 0 Å². The molecule has 0 saturated carbocycles. The summed E-state index contributed by atoms with van der Waals surface area (Å²) in [6.07, 6.45) is 0. The second kappa shape index (κ2) is 12.6. The molecule has 1 aromatic heterocycles. The van der Waals surface area contributed by atoms with Crippen molar-refractivity contribution < 1.29 is 33.5 Å². The molecule has 0 aliphatic rings. The summed E-state index contributed by atoms with van der Waals surface area (Å²) in [7, 11) is 2.66. The number of thioether (sulfide) groups is 1. The normalized spacial score (nSPS) is 10.4. The van der Waals surface area contributed by atoms with E-state index in [1.165, 1.54) is 20.3 Å². The smallest absolute Gasteiger partial charge is 0.338 e. The predicted molar refractivity (Wildman–Crippen MR) is 136 cm³/mol. The van der Waals surface area contributed by atoms with Gasteiger partial charge in [-0.1, -0.05) is 23.1 Å². The molecule has 0 fully saturated rings. The quantitative estimate of drug-likeness (QED) is 0.118. The van der Waals surface area contributed by atoms with E-state index < -0.39 is 22.5 Å². The molecule has 194 valence electrons. The Bertz CT molecular complexity index is 1310. The van der Waals surface area contributed by atoms with E-state index in [1.54, 1.807) is 31.2 Å². The van der Waals surface area contributed by atoms with Crippen LogP contribution >= 0.6 is 23.1 Å². The maximum absolute atomic E-state index is 12.7. The number of benzene rings is 2. The monoisotopic (exact) mass is 547 g/mol. The Hall–Kier alpha value is -4.24. The molecule has 0 unspecified atom stereocenters. The maximum Gasteiger partial charge on any atom is 0.338 e. The fourth-order valence-electron chi connectivity index (χ4n) is 2.91. The lowest BCUT2D eigenvalue weighted by Gasteiger charge is -2.10. The number of aromatic nitrogens is 2. The highest BCUT2D eigenvalue weighted by atomic mass is 32.2. The molecule has 0 aliphatic heterocycles. The summed E-state index contributed by atoms with van der Waals surface area (Å²) in [5, 5.41) is 24.5. The number of carbonyl (C=O) groups excluding carboxylic acids is 3. The molecular formula is C22H21N5O8S2. The van der Waals surface area contributed by atoms with Crippen molar-refractivity contribution >= 4 is 57.4 Å². The lowest BCUT2D eigenvalue weighted by molar-refractivity contribution is -0.385. The first-order chi connectivity index (χ1) is 17.7. The standard InChI is InChI=1S/C22H21N5O8S2/c1-4-35-20(30)12-5-7-13(8-6-12)23-18(28)11-36-22-26-25-21(37-22)24-19(29)14-9-16(33-2)17(34-3)10-15(14)27(31)32/h5-10H,4,11H2,1-3H3,(H,23,28)(H,24,25,29). The Morgan fingerprint density at radius 2 is 1.73 bits per heavy atom. The molecule has 2 amide bonds. The number of hydrogen-bond donors (Lipinski definition) is 2. The van der Waals surface area contributed by atoms with Crippen LogP contribution in [0.2, 0.25) is 0 Å². The molecule has 0 radical (unpaired) electrons. The summed E-state index contributed by atoms with van der Waals surface area (Å²) >= 11 is 2.09. The van der Waals surface area contributed by atoms with Gasteiger partial charge in [-0.05, 0) is 31.2 Å². The van der Waals surface area contributed by atoms with Crippen molar-refractivity contribution in [2.24, 2.45) is 0 Å². The van der Waals surface area contributed by atoms with Crippen molar-refractivity contribution in [3.05, 3.63) is 57.6 Å². The highest BCUT2D eigenvalue weighted by Crippen LogP contribution is 2.35. The third kappa shape index (κ3) is 7.14. The van der Waals surface area contributed by atoms with Crippen molar-refractivity contribution in [3.63, 3.8) is 0 Å². The van der Waals surface area contributed by atoms with Gasteiger partial charge in [0.2, 0.25) is 11.0 Å². The summed E-state index contributed by atoms with van der Waals surface area (Å²) in [4.78, 5) is 47.4. The van der Waals surface area contributed by atoms with E-state index in [2.05, 4.69) is 20.8 Å². The van der Waals surface area contributed by atoms with Crippen LogP contribution in [0.25, 0.3) is 0 Å². The number of hydrogen-bond acceptors (Lipinski definition) is 12. The average Bonchev–Trinajstić information content (AvgIpc) is 3.34. The number of nitro benzene ring substituents is 1. The molecule has 2 N–H and O–H groups in total. The minimum Gasteiger partial charge on any atom is -0.493 e. The number of rotatable bonds is 11. The first-order valence-corrected chi connectivity index (χ1v) is 12.3. The Morgan fingerprint density at radius 1 is 1.05 bits per heavy atom. The van der Waals surface area contributed by atoms with Crippen LogP contribution in [0.5, 0.6) is 11.5 Å². The molecule has 1 heterocycles. The molecule has 3 aromatic rings. The Kier molecular flexibility index (Phi) is 9.34. The number of nitro groups is 1. The number of nitrogens with one attached hydrogen (secondary N) is 2. The van der Waals surface area contributed by atoms with Gasteiger partial charge >= 0.3 is 5.97 Å². The summed E-state index contributed by atoms with van der Waals surface area (Å²) < 4.78 is 15.5. The average molecular weight is 548 g/mol. The Balaban J connectivity index is 1.59. The maximum atomic E-state index is 12.7. The number of nitrogens with zero attached hydrogens (tertiary/aromatic N) is 3. The summed E-state index contributed by atoms with van der Waals surface area (Å²) in [5.74, 6) is -1.30. The topological polar surface area (TPSA) is 172 Å². The molecular weight excluding hydrogens is 526 g/mol. The number of esters is 1. The van der Waals surface area contributed by atoms with Gasteiger partial charge < -0.3 is 19.5 Å². The zero-order valence-electron chi connectivity index (χ0n) is 19.8. The van der Waals surface area contributed by atoms with Crippen LogP contribution in [0.3, 0.4) is 0 Å². The van der Waals surface area contributed by atoms with E-state index in [0.717, 1.165) is 29.2 Å². The molecule has 2 aromatic carbocycles. The molecule has 15 heteroatoms. The minimum absolute atomic E-state index is 0.00333. The number of ether oxygens (including phenoxy) is 3. The van der Waals surface area contributed by atoms with Gasteiger partial charge in [0.15, 0.2) is 15.8 Å².